The lowest BCUT2D eigenvalue weighted by Gasteiger charge is -2.18. The van der Waals surface area contributed by atoms with Crippen molar-refractivity contribution in [1.82, 2.24) is 24.5 Å². The lowest BCUT2D eigenvalue weighted by molar-refractivity contribution is 0.248. The van der Waals surface area contributed by atoms with Gasteiger partial charge in [0.05, 0.1) is 28.6 Å². The molecule has 4 heterocycles. The van der Waals surface area contributed by atoms with Crippen molar-refractivity contribution in [3.63, 3.8) is 0 Å². The molecule has 7 nitrogen and oxygen atoms in total. The third-order valence-corrected chi connectivity index (χ3v) is 6.72. The summed E-state index contributed by atoms with van der Waals surface area (Å²) in [4.78, 5) is 18.8. The van der Waals surface area contributed by atoms with Gasteiger partial charge < -0.3 is 14.6 Å². The Hall–Kier alpha value is -4.33. The molecule has 8 heteroatoms. The van der Waals surface area contributed by atoms with Crippen LogP contribution in [-0.2, 0) is 6.42 Å². The minimum atomic E-state index is -0.280. The Kier molecular flexibility index (Phi) is 6.00. The molecule has 2 aromatic carbocycles. The van der Waals surface area contributed by atoms with Gasteiger partial charge in [-0.25, -0.2) is 24.3 Å². The number of aryl methyl sites for hydroxylation is 2. The second kappa shape index (κ2) is 9.61. The minimum Gasteiger partial charge on any atom is -0.475 e. The Labute approximate surface area is 214 Å². The van der Waals surface area contributed by atoms with Crippen LogP contribution in [0.2, 0.25) is 0 Å². The highest BCUT2D eigenvalue weighted by Crippen LogP contribution is 2.39. The highest BCUT2D eigenvalue weighted by Gasteiger charge is 2.31. The number of imidazole rings is 1. The number of nitrogens with zero attached hydrogens (tertiary/aromatic N) is 5. The van der Waals surface area contributed by atoms with Gasteiger partial charge in [0.1, 0.15) is 18.2 Å². The molecule has 0 saturated carbocycles. The van der Waals surface area contributed by atoms with Crippen molar-refractivity contribution in [2.75, 3.05) is 18.5 Å². The monoisotopic (exact) mass is 494 g/mol. The van der Waals surface area contributed by atoms with E-state index in [1.165, 1.54) is 12.1 Å². The molecule has 0 aliphatic carbocycles. The SMILES string of the molecule is CCNc1nccc(-c2c(-c3ccc(F)cc3)nc3n2C(COc2cc(C)c4ccccc4n2)CC3)n1. The molecule has 1 aliphatic heterocycles. The van der Waals surface area contributed by atoms with Gasteiger partial charge in [-0.1, -0.05) is 18.2 Å². The van der Waals surface area contributed by atoms with Crippen molar-refractivity contribution in [2.45, 2.75) is 32.7 Å². The van der Waals surface area contributed by atoms with Crippen LogP contribution in [0.25, 0.3) is 33.5 Å². The number of pyridine rings is 1. The summed E-state index contributed by atoms with van der Waals surface area (Å²) in [6.07, 6.45) is 3.46. The van der Waals surface area contributed by atoms with Crippen LogP contribution in [0.3, 0.4) is 0 Å². The van der Waals surface area contributed by atoms with Crippen LogP contribution >= 0.6 is 0 Å². The molecule has 1 unspecified atom stereocenters. The number of rotatable bonds is 7. The quantitative estimate of drug-likeness (QED) is 0.299. The summed E-state index contributed by atoms with van der Waals surface area (Å²) in [6, 6.07) is 18.5. The summed E-state index contributed by atoms with van der Waals surface area (Å²) in [6.45, 7) is 5.25. The zero-order chi connectivity index (χ0) is 25.4. The highest BCUT2D eigenvalue weighted by atomic mass is 19.1. The average molecular weight is 495 g/mol. The first-order valence-electron chi connectivity index (χ1n) is 12.5. The van der Waals surface area contributed by atoms with E-state index < -0.39 is 0 Å². The number of ether oxygens (including phenoxy) is 1. The first-order valence-corrected chi connectivity index (χ1v) is 12.5. The van der Waals surface area contributed by atoms with E-state index in [-0.39, 0.29) is 11.9 Å². The largest absolute Gasteiger partial charge is 0.475 e. The first kappa shape index (κ1) is 23.1. The van der Waals surface area contributed by atoms with E-state index in [9.17, 15) is 4.39 Å². The Morgan fingerprint density at radius 2 is 1.89 bits per heavy atom. The fourth-order valence-corrected chi connectivity index (χ4v) is 4.99. The number of benzene rings is 2. The number of fused-ring (bicyclic) bond motifs is 2. The number of nitrogens with one attached hydrogen (secondary N) is 1. The van der Waals surface area contributed by atoms with Crippen molar-refractivity contribution in [2.24, 2.45) is 0 Å². The summed E-state index contributed by atoms with van der Waals surface area (Å²) >= 11 is 0. The first-order chi connectivity index (χ1) is 18.1. The molecule has 1 atom stereocenters. The molecule has 1 N–H and O–H groups in total. The molecule has 0 fully saturated rings. The van der Waals surface area contributed by atoms with Crippen LogP contribution in [0.15, 0.2) is 66.9 Å². The van der Waals surface area contributed by atoms with Crippen LogP contribution in [0, 0.1) is 12.7 Å². The van der Waals surface area contributed by atoms with Gasteiger partial charge in [-0.3, -0.25) is 0 Å². The van der Waals surface area contributed by atoms with Crippen molar-refractivity contribution in [1.29, 1.82) is 0 Å². The predicted molar refractivity (Wildman–Crippen MR) is 142 cm³/mol. The van der Waals surface area contributed by atoms with Crippen molar-refractivity contribution in [3.8, 4) is 28.5 Å². The molecule has 0 spiro atoms. The molecule has 0 bridgehead atoms. The van der Waals surface area contributed by atoms with Gasteiger partial charge in [0.15, 0.2) is 0 Å². The second-order valence-corrected chi connectivity index (χ2v) is 9.20. The normalized spacial score (nSPS) is 14.6. The van der Waals surface area contributed by atoms with Gasteiger partial charge >= 0.3 is 0 Å². The van der Waals surface area contributed by atoms with E-state index in [1.54, 1.807) is 18.3 Å². The molecular weight excluding hydrogens is 467 g/mol. The van der Waals surface area contributed by atoms with Gasteiger partial charge in [-0.05, 0) is 62.2 Å². The Morgan fingerprint density at radius 3 is 2.73 bits per heavy atom. The fourth-order valence-electron chi connectivity index (χ4n) is 4.99. The summed E-state index contributed by atoms with van der Waals surface area (Å²) in [5.41, 5.74) is 5.32. The standard InChI is InChI=1S/C29H27FN6O/c1-3-31-29-32-15-14-24(34-29)28-27(19-8-10-20(30)11-9-19)35-25-13-12-21(36(25)28)17-37-26-16-18(2)22-6-4-5-7-23(22)33-26/h4-11,14-16,21H,3,12-13,17H2,1-2H3,(H,31,32,34). The van der Waals surface area contributed by atoms with Crippen LogP contribution in [-0.4, -0.2) is 37.7 Å². The number of para-hydroxylation sites is 1. The van der Waals surface area contributed by atoms with Gasteiger partial charge in [-0.2, -0.15) is 0 Å². The van der Waals surface area contributed by atoms with Gasteiger partial charge in [0.25, 0.3) is 0 Å². The van der Waals surface area contributed by atoms with Gasteiger partial charge in [-0.15, -0.1) is 0 Å². The van der Waals surface area contributed by atoms with Crippen LogP contribution < -0.4 is 10.1 Å². The van der Waals surface area contributed by atoms with Crippen molar-refractivity contribution >= 4 is 16.9 Å². The molecule has 5 aromatic rings. The number of aromatic nitrogens is 5. The van der Waals surface area contributed by atoms with Crippen LogP contribution in [0.1, 0.15) is 30.8 Å². The van der Waals surface area contributed by atoms with Crippen molar-refractivity contribution in [3.05, 3.63) is 84.1 Å². The predicted octanol–water partition coefficient (Wildman–Crippen LogP) is 6.00. The molecular formula is C29H27FN6O. The summed E-state index contributed by atoms with van der Waals surface area (Å²) < 4.78 is 22.2. The lowest BCUT2D eigenvalue weighted by atomic mass is 10.1. The number of hydrogen-bond donors (Lipinski definition) is 1. The Bertz CT molecular complexity index is 1580. The summed E-state index contributed by atoms with van der Waals surface area (Å²) in [7, 11) is 0. The molecule has 3 aromatic heterocycles. The molecule has 186 valence electrons. The Balaban J connectivity index is 1.38. The third kappa shape index (κ3) is 4.39. The maximum Gasteiger partial charge on any atom is 0.223 e. The molecule has 6 rings (SSSR count). The van der Waals surface area contributed by atoms with E-state index in [0.717, 1.165) is 57.8 Å². The summed E-state index contributed by atoms with van der Waals surface area (Å²) in [5, 5.41) is 4.31. The average Bonchev–Trinajstić information content (AvgIpc) is 3.48. The van der Waals surface area contributed by atoms with E-state index in [0.29, 0.717) is 25.0 Å². The van der Waals surface area contributed by atoms with Gasteiger partial charge in [0, 0.05) is 36.2 Å². The van der Waals surface area contributed by atoms with Crippen LogP contribution in [0.5, 0.6) is 5.88 Å². The lowest BCUT2D eigenvalue weighted by Crippen LogP contribution is -2.16. The maximum atomic E-state index is 13.7. The van der Waals surface area contributed by atoms with E-state index in [4.69, 9.17) is 19.7 Å². The molecule has 1 aliphatic rings. The zero-order valence-electron chi connectivity index (χ0n) is 20.8. The number of halogens is 1. The smallest absolute Gasteiger partial charge is 0.223 e. The topological polar surface area (TPSA) is 77.8 Å². The molecule has 0 saturated heterocycles. The maximum absolute atomic E-state index is 13.7. The molecule has 0 amide bonds. The summed E-state index contributed by atoms with van der Waals surface area (Å²) in [5.74, 6) is 1.86. The molecule has 0 radical (unpaired) electrons. The highest BCUT2D eigenvalue weighted by molar-refractivity contribution is 5.82. The third-order valence-electron chi connectivity index (χ3n) is 6.72. The van der Waals surface area contributed by atoms with Crippen molar-refractivity contribution < 1.29 is 9.13 Å². The number of hydrogen-bond acceptors (Lipinski definition) is 6. The minimum absolute atomic E-state index is 0.0535. The Morgan fingerprint density at radius 1 is 1.05 bits per heavy atom. The molecule has 37 heavy (non-hydrogen) atoms. The second-order valence-electron chi connectivity index (χ2n) is 9.20. The fraction of sp³-hybridized carbons (Fsp3) is 0.241. The van der Waals surface area contributed by atoms with E-state index in [2.05, 4.69) is 27.9 Å². The van der Waals surface area contributed by atoms with E-state index >= 15 is 0 Å². The van der Waals surface area contributed by atoms with Gasteiger partial charge in [0.2, 0.25) is 11.8 Å². The van der Waals surface area contributed by atoms with E-state index in [1.807, 2.05) is 37.3 Å². The zero-order valence-corrected chi connectivity index (χ0v) is 20.8. The number of anilines is 1. The van der Waals surface area contributed by atoms with Crippen LogP contribution in [0.4, 0.5) is 10.3 Å².